The highest BCUT2D eigenvalue weighted by Gasteiger charge is 2.27. The van der Waals surface area contributed by atoms with Crippen LogP contribution in [0.25, 0.3) is 0 Å². The Kier molecular flexibility index (Phi) is 3.03. The van der Waals surface area contributed by atoms with Crippen molar-refractivity contribution in [3.63, 3.8) is 0 Å². The van der Waals surface area contributed by atoms with E-state index in [0.717, 1.165) is 24.4 Å². The summed E-state index contributed by atoms with van der Waals surface area (Å²) < 4.78 is 12.1. The molecule has 0 N–H and O–H groups in total. The number of hydrogen-bond acceptors (Lipinski definition) is 2. The summed E-state index contributed by atoms with van der Waals surface area (Å²) in [5.74, 6) is -0.0578. The van der Waals surface area contributed by atoms with Gasteiger partial charge in [0, 0.05) is 13.6 Å². The van der Waals surface area contributed by atoms with Crippen molar-refractivity contribution in [2.75, 3.05) is 34.0 Å². The van der Waals surface area contributed by atoms with Crippen LogP contribution in [0.3, 0.4) is 0 Å². The fraction of sp³-hybridized carbons (Fsp3) is 0.875. The average molecular weight is 174 g/mol. The summed E-state index contributed by atoms with van der Waals surface area (Å²) >= 11 is 0. The number of alkyl halides is 1. The van der Waals surface area contributed by atoms with Crippen molar-refractivity contribution in [2.45, 2.75) is 6.42 Å². The molecule has 4 heteroatoms. The molecule has 1 rings (SSSR count). The molecule has 1 amide bonds. The number of hydrogen-bond donors (Lipinski definition) is 0. The third-order valence-corrected chi connectivity index (χ3v) is 2.30. The van der Waals surface area contributed by atoms with Gasteiger partial charge in [-0.2, -0.15) is 0 Å². The van der Waals surface area contributed by atoms with Crippen molar-refractivity contribution in [2.24, 2.45) is 5.92 Å². The van der Waals surface area contributed by atoms with E-state index in [0.29, 0.717) is 0 Å². The lowest BCUT2D eigenvalue weighted by Gasteiger charge is -2.17. The maximum Gasteiger partial charge on any atom is 0.228 e. The topological polar surface area (TPSA) is 23.6 Å². The van der Waals surface area contributed by atoms with E-state index >= 15 is 0 Å². The number of carbonyl (C=O) groups excluding carboxylic acids is 1. The molecule has 1 aliphatic heterocycles. The maximum absolute atomic E-state index is 12.1. The van der Waals surface area contributed by atoms with Crippen molar-refractivity contribution in [3.05, 3.63) is 0 Å². The van der Waals surface area contributed by atoms with Gasteiger partial charge in [-0.15, -0.1) is 0 Å². The van der Waals surface area contributed by atoms with Crippen molar-refractivity contribution in [1.82, 2.24) is 9.80 Å². The van der Waals surface area contributed by atoms with Gasteiger partial charge in [0.15, 0.2) is 6.80 Å². The van der Waals surface area contributed by atoms with Crippen molar-refractivity contribution >= 4 is 5.91 Å². The highest BCUT2D eigenvalue weighted by Crippen LogP contribution is 2.16. The molecule has 70 valence electrons. The van der Waals surface area contributed by atoms with E-state index in [-0.39, 0.29) is 11.8 Å². The van der Waals surface area contributed by atoms with Crippen LogP contribution < -0.4 is 0 Å². The van der Waals surface area contributed by atoms with E-state index in [1.807, 2.05) is 7.05 Å². The SMILES string of the molecule is CN1CCC(C(=O)N(C)CF)C1. The van der Waals surface area contributed by atoms with Gasteiger partial charge in [0.25, 0.3) is 0 Å². The smallest absolute Gasteiger partial charge is 0.228 e. The molecule has 0 aliphatic carbocycles. The average Bonchev–Trinajstić information content (AvgIpc) is 2.49. The first-order valence-corrected chi connectivity index (χ1v) is 4.14. The lowest BCUT2D eigenvalue weighted by molar-refractivity contribution is -0.135. The van der Waals surface area contributed by atoms with Crippen LogP contribution in [0.4, 0.5) is 4.39 Å². The number of halogens is 1. The van der Waals surface area contributed by atoms with Gasteiger partial charge in [0.05, 0.1) is 5.92 Å². The van der Waals surface area contributed by atoms with Gasteiger partial charge in [-0.05, 0) is 20.0 Å². The summed E-state index contributed by atoms with van der Waals surface area (Å²) in [5, 5.41) is 0. The minimum absolute atomic E-state index is 0.00995. The van der Waals surface area contributed by atoms with Gasteiger partial charge in [-0.25, -0.2) is 4.39 Å². The minimum atomic E-state index is -0.682. The van der Waals surface area contributed by atoms with Crippen LogP contribution in [-0.2, 0) is 4.79 Å². The Balaban J connectivity index is 2.43. The number of nitrogens with zero attached hydrogens (tertiary/aromatic N) is 2. The second-order valence-corrected chi connectivity index (χ2v) is 3.40. The Labute approximate surface area is 72.1 Å². The summed E-state index contributed by atoms with van der Waals surface area (Å²) in [6, 6.07) is 0. The number of amides is 1. The standard InChI is InChI=1S/C8H15FN2O/c1-10-4-3-7(5-10)8(12)11(2)6-9/h7H,3-6H2,1-2H3. The Morgan fingerprint density at radius 2 is 2.42 bits per heavy atom. The molecular weight excluding hydrogens is 159 g/mol. The van der Waals surface area contributed by atoms with Crippen LogP contribution in [0.5, 0.6) is 0 Å². The summed E-state index contributed by atoms with van der Waals surface area (Å²) in [5.41, 5.74) is 0. The van der Waals surface area contributed by atoms with Gasteiger partial charge < -0.3 is 9.80 Å². The molecule has 0 spiro atoms. The van der Waals surface area contributed by atoms with Crippen LogP contribution >= 0.6 is 0 Å². The fourth-order valence-electron chi connectivity index (χ4n) is 1.51. The van der Waals surface area contributed by atoms with E-state index in [2.05, 4.69) is 4.90 Å². The van der Waals surface area contributed by atoms with Crippen LogP contribution in [0, 0.1) is 5.92 Å². The van der Waals surface area contributed by atoms with Gasteiger partial charge in [0.2, 0.25) is 5.91 Å². The fourth-order valence-corrected chi connectivity index (χ4v) is 1.51. The molecular formula is C8H15FN2O. The van der Waals surface area contributed by atoms with Crippen LogP contribution in [-0.4, -0.2) is 49.7 Å². The van der Waals surface area contributed by atoms with Crippen LogP contribution in [0.15, 0.2) is 0 Å². The van der Waals surface area contributed by atoms with Gasteiger partial charge in [-0.1, -0.05) is 0 Å². The molecule has 1 aliphatic rings. The monoisotopic (exact) mass is 174 g/mol. The highest BCUT2D eigenvalue weighted by atomic mass is 19.1. The molecule has 0 saturated carbocycles. The zero-order valence-electron chi connectivity index (χ0n) is 7.59. The molecule has 0 bridgehead atoms. The molecule has 0 aromatic carbocycles. The van der Waals surface area contributed by atoms with Crippen molar-refractivity contribution in [1.29, 1.82) is 0 Å². The molecule has 0 radical (unpaired) electrons. The zero-order valence-corrected chi connectivity index (χ0v) is 7.59. The Morgan fingerprint density at radius 1 is 1.75 bits per heavy atom. The Hall–Kier alpha value is -0.640. The molecule has 0 aromatic heterocycles. The second-order valence-electron chi connectivity index (χ2n) is 3.40. The predicted octanol–water partition coefficient (Wildman–Crippen LogP) is 0.323. The van der Waals surface area contributed by atoms with E-state index in [1.165, 1.54) is 7.05 Å². The lowest BCUT2D eigenvalue weighted by atomic mass is 10.1. The first-order valence-electron chi connectivity index (χ1n) is 4.14. The third-order valence-electron chi connectivity index (χ3n) is 2.30. The van der Waals surface area contributed by atoms with E-state index in [9.17, 15) is 9.18 Å². The Morgan fingerprint density at radius 3 is 2.83 bits per heavy atom. The first kappa shape index (κ1) is 9.45. The summed E-state index contributed by atoms with van der Waals surface area (Å²) in [6.07, 6.45) is 0.861. The third kappa shape index (κ3) is 1.94. The maximum atomic E-state index is 12.1. The highest BCUT2D eigenvalue weighted by molar-refractivity contribution is 5.78. The molecule has 0 aromatic rings. The molecule has 1 fully saturated rings. The van der Waals surface area contributed by atoms with E-state index < -0.39 is 6.80 Å². The predicted molar refractivity (Wildman–Crippen MR) is 44.3 cm³/mol. The van der Waals surface area contributed by atoms with Gasteiger partial charge >= 0.3 is 0 Å². The molecule has 1 atom stereocenters. The number of rotatable bonds is 2. The first-order chi connectivity index (χ1) is 5.65. The van der Waals surface area contributed by atoms with Gasteiger partial charge in [0.1, 0.15) is 0 Å². The molecule has 3 nitrogen and oxygen atoms in total. The summed E-state index contributed by atoms with van der Waals surface area (Å²) in [4.78, 5) is 14.6. The molecule has 1 unspecified atom stereocenters. The van der Waals surface area contributed by atoms with Crippen molar-refractivity contribution in [3.8, 4) is 0 Å². The molecule has 12 heavy (non-hydrogen) atoms. The van der Waals surface area contributed by atoms with Gasteiger partial charge in [-0.3, -0.25) is 4.79 Å². The second kappa shape index (κ2) is 3.85. The number of carbonyl (C=O) groups is 1. The Bertz CT molecular complexity index is 174. The van der Waals surface area contributed by atoms with E-state index in [4.69, 9.17) is 0 Å². The minimum Gasteiger partial charge on any atom is -0.318 e. The molecule has 1 saturated heterocycles. The number of likely N-dealkylation sites (tertiary alicyclic amines) is 1. The van der Waals surface area contributed by atoms with Crippen molar-refractivity contribution < 1.29 is 9.18 Å². The quantitative estimate of drug-likeness (QED) is 0.563. The summed E-state index contributed by atoms with van der Waals surface area (Å²) in [7, 11) is 3.48. The van der Waals surface area contributed by atoms with Crippen LogP contribution in [0.2, 0.25) is 0 Å². The lowest BCUT2D eigenvalue weighted by Crippen LogP contribution is -2.33. The zero-order chi connectivity index (χ0) is 9.14. The largest absolute Gasteiger partial charge is 0.318 e. The van der Waals surface area contributed by atoms with Crippen LogP contribution in [0.1, 0.15) is 6.42 Å². The van der Waals surface area contributed by atoms with E-state index in [1.54, 1.807) is 0 Å². The normalized spacial score (nSPS) is 24.4. The molecule has 1 heterocycles. The summed E-state index contributed by atoms with van der Waals surface area (Å²) in [6.45, 7) is 1.03.